The maximum Gasteiger partial charge on any atom is 0.333 e. The molecule has 0 amide bonds. The Morgan fingerprint density at radius 2 is 1.33 bits per heavy atom. The van der Waals surface area contributed by atoms with Gasteiger partial charge in [-0.25, -0.2) is 14.4 Å². The maximum absolute atomic E-state index is 10.6. The van der Waals surface area contributed by atoms with Crippen molar-refractivity contribution in [3.63, 3.8) is 0 Å². The van der Waals surface area contributed by atoms with E-state index < -0.39 is 24.6 Å². The Hall–Kier alpha value is -2.45. The Bertz CT molecular complexity index is 453. The van der Waals surface area contributed by atoms with Gasteiger partial charge in [-0.1, -0.05) is 19.7 Å². The van der Waals surface area contributed by atoms with Gasteiger partial charge in [-0.15, -0.1) is 0 Å². The van der Waals surface area contributed by atoms with E-state index >= 15 is 0 Å². The van der Waals surface area contributed by atoms with E-state index in [1.54, 1.807) is 6.92 Å². The highest BCUT2D eigenvalue weighted by atomic mass is 16.5. The number of rotatable bonds is 6. The van der Waals surface area contributed by atoms with Crippen LogP contribution in [0.2, 0.25) is 0 Å². The molecule has 0 saturated heterocycles. The van der Waals surface area contributed by atoms with Crippen molar-refractivity contribution in [2.24, 2.45) is 0 Å². The van der Waals surface area contributed by atoms with Crippen molar-refractivity contribution in [2.45, 2.75) is 26.9 Å². The third-order valence-electron chi connectivity index (χ3n) is 1.86. The summed E-state index contributed by atoms with van der Waals surface area (Å²) in [7, 11) is 1.33. The smallest absolute Gasteiger partial charge is 0.333 e. The van der Waals surface area contributed by atoms with Crippen molar-refractivity contribution in [3.05, 3.63) is 36.5 Å². The molecule has 0 fully saturated rings. The molecule has 0 heterocycles. The van der Waals surface area contributed by atoms with E-state index in [0.717, 1.165) is 0 Å². The molecule has 8 heteroatoms. The molecule has 138 valence electrons. The number of carboxylic acid groups (broad SMARTS) is 1. The fourth-order valence-electron chi connectivity index (χ4n) is 0.522. The number of methoxy groups -OCH3 is 1. The molecular weight excluding hydrogens is 320 g/mol. The summed E-state index contributed by atoms with van der Waals surface area (Å²) in [6, 6.07) is 0. The van der Waals surface area contributed by atoms with Crippen molar-refractivity contribution in [1.82, 2.24) is 0 Å². The fraction of sp³-hybridized carbons (Fsp3) is 0.438. The minimum absolute atomic E-state index is 0.176. The van der Waals surface area contributed by atoms with E-state index in [0.29, 0.717) is 5.57 Å². The van der Waals surface area contributed by atoms with Crippen LogP contribution in [0, 0.1) is 0 Å². The molecule has 0 aromatic rings. The van der Waals surface area contributed by atoms with Gasteiger partial charge in [0, 0.05) is 16.7 Å². The summed E-state index contributed by atoms with van der Waals surface area (Å²) in [6.07, 6.45) is -1.00. The number of esters is 2. The maximum atomic E-state index is 10.6. The number of hydrogen-bond donors (Lipinski definition) is 3. The summed E-state index contributed by atoms with van der Waals surface area (Å²) in [5.74, 6) is -1.84. The van der Waals surface area contributed by atoms with Crippen LogP contribution in [0.25, 0.3) is 0 Å². The van der Waals surface area contributed by atoms with Gasteiger partial charge in [0.25, 0.3) is 0 Å². The minimum atomic E-state index is -1.00. The predicted molar refractivity (Wildman–Crippen MR) is 88.1 cm³/mol. The number of aliphatic hydroxyl groups is 2. The minimum Gasteiger partial charge on any atom is -0.478 e. The molecule has 0 saturated carbocycles. The van der Waals surface area contributed by atoms with Gasteiger partial charge in [0.15, 0.2) is 0 Å². The third kappa shape index (κ3) is 19.6. The predicted octanol–water partition coefficient (Wildman–Crippen LogP) is 0.842. The second-order valence-corrected chi connectivity index (χ2v) is 4.57. The molecule has 0 aliphatic rings. The highest BCUT2D eigenvalue weighted by molar-refractivity contribution is 5.87. The number of carboxylic acids is 1. The molecule has 0 aromatic heterocycles. The zero-order valence-electron chi connectivity index (χ0n) is 14.5. The summed E-state index contributed by atoms with van der Waals surface area (Å²) in [5, 5.41) is 24.9. The Balaban J connectivity index is -0.000000294. The van der Waals surface area contributed by atoms with Gasteiger partial charge in [-0.05, 0) is 20.8 Å². The van der Waals surface area contributed by atoms with Crippen LogP contribution in [-0.4, -0.2) is 59.7 Å². The zero-order valence-corrected chi connectivity index (χ0v) is 14.5. The summed E-state index contributed by atoms with van der Waals surface area (Å²) in [6.45, 7) is 13.8. The lowest BCUT2D eigenvalue weighted by atomic mass is 10.3. The molecule has 24 heavy (non-hydrogen) atoms. The van der Waals surface area contributed by atoms with Crippen molar-refractivity contribution >= 4 is 17.9 Å². The monoisotopic (exact) mass is 346 g/mol. The molecule has 0 spiro atoms. The Labute approximate surface area is 141 Å². The quantitative estimate of drug-likeness (QED) is 0.476. The standard InChI is InChI=1S/C7H12O4.C5H8O2.C4H6O2/c1-5(2)7(10)11-4-6(9)3-8;1-4(2)5(6)7-3;1-3(2)4(5)6/h6,8-9H,1,3-4H2,2H3;1H2,2-3H3;1H2,2H3,(H,5,6). The van der Waals surface area contributed by atoms with Crippen LogP contribution < -0.4 is 0 Å². The van der Waals surface area contributed by atoms with E-state index in [2.05, 4.69) is 29.2 Å². The molecule has 0 aliphatic carbocycles. The molecule has 0 rings (SSSR count). The third-order valence-corrected chi connectivity index (χ3v) is 1.86. The first-order valence-corrected chi connectivity index (χ1v) is 6.64. The molecule has 0 aromatic carbocycles. The van der Waals surface area contributed by atoms with Gasteiger partial charge in [0.1, 0.15) is 12.7 Å². The van der Waals surface area contributed by atoms with E-state index in [4.69, 9.17) is 15.3 Å². The average Bonchev–Trinajstić information content (AvgIpc) is 2.51. The lowest BCUT2D eigenvalue weighted by Gasteiger charge is -2.07. The van der Waals surface area contributed by atoms with Gasteiger partial charge in [0.2, 0.25) is 0 Å². The molecule has 0 radical (unpaired) electrons. The number of aliphatic carboxylic acids is 1. The van der Waals surface area contributed by atoms with Crippen LogP contribution in [0.4, 0.5) is 0 Å². The topological polar surface area (TPSA) is 130 Å². The average molecular weight is 346 g/mol. The lowest BCUT2D eigenvalue weighted by molar-refractivity contribution is -0.142. The summed E-state index contributed by atoms with van der Waals surface area (Å²) < 4.78 is 8.78. The largest absolute Gasteiger partial charge is 0.478 e. The van der Waals surface area contributed by atoms with E-state index in [9.17, 15) is 14.4 Å². The Morgan fingerprint density at radius 3 is 1.50 bits per heavy atom. The number of carbonyl (C=O) groups excluding carboxylic acids is 2. The molecule has 0 aliphatic heterocycles. The molecular formula is C16H26O8. The zero-order chi connectivity index (χ0) is 19.9. The Kier molecular flexibility index (Phi) is 17.0. The summed E-state index contributed by atoms with van der Waals surface area (Å²) >= 11 is 0. The lowest BCUT2D eigenvalue weighted by Crippen LogP contribution is -2.22. The molecule has 0 bridgehead atoms. The highest BCUT2D eigenvalue weighted by Gasteiger charge is 2.07. The van der Waals surface area contributed by atoms with E-state index in [1.165, 1.54) is 21.0 Å². The molecule has 8 nitrogen and oxygen atoms in total. The van der Waals surface area contributed by atoms with E-state index in [1.807, 2.05) is 0 Å². The van der Waals surface area contributed by atoms with Crippen molar-refractivity contribution in [1.29, 1.82) is 0 Å². The van der Waals surface area contributed by atoms with Crippen molar-refractivity contribution in [3.8, 4) is 0 Å². The molecule has 1 atom stereocenters. The van der Waals surface area contributed by atoms with Gasteiger partial charge >= 0.3 is 17.9 Å². The van der Waals surface area contributed by atoms with Crippen molar-refractivity contribution in [2.75, 3.05) is 20.3 Å². The second-order valence-electron chi connectivity index (χ2n) is 4.57. The van der Waals surface area contributed by atoms with Crippen LogP contribution in [0.5, 0.6) is 0 Å². The van der Waals surface area contributed by atoms with Gasteiger partial charge in [0.05, 0.1) is 13.7 Å². The Morgan fingerprint density at radius 1 is 0.958 bits per heavy atom. The first-order chi connectivity index (χ1) is 10.9. The van der Waals surface area contributed by atoms with Crippen LogP contribution in [0.1, 0.15) is 20.8 Å². The van der Waals surface area contributed by atoms with Gasteiger partial charge in [-0.3, -0.25) is 0 Å². The highest BCUT2D eigenvalue weighted by Crippen LogP contribution is 1.93. The van der Waals surface area contributed by atoms with Crippen LogP contribution in [0.3, 0.4) is 0 Å². The van der Waals surface area contributed by atoms with E-state index in [-0.39, 0.29) is 23.7 Å². The number of hydrogen-bond acceptors (Lipinski definition) is 7. The van der Waals surface area contributed by atoms with Gasteiger partial charge in [-0.2, -0.15) is 0 Å². The molecule has 1 unspecified atom stereocenters. The second kappa shape index (κ2) is 15.4. The van der Waals surface area contributed by atoms with Crippen molar-refractivity contribution < 1.29 is 39.2 Å². The van der Waals surface area contributed by atoms with Crippen LogP contribution >= 0.6 is 0 Å². The van der Waals surface area contributed by atoms with Gasteiger partial charge < -0.3 is 24.8 Å². The summed E-state index contributed by atoms with van der Waals surface area (Å²) in [5.41, 5.74) is 0.882. The fourth-order valence-corrected chi connectivity index (χ4v) is 0.522. The number of ether oxygens (including phenoxy) is 2. The molecule has 3 N–H and O–H groups in total. The van der Waals surface area contributed by atoms with Crippen LogP contribution in [0.15, 0.2) is 36.5 Å². The first-order valence-electron chi connectivity index (χ1n) is 6.64. The SMILES string of the molecule is C=C(C)C(=O)O.C=C(C)C(=O)OC.C=C(C)C(=O)OCC(O)CO. The summed E-state index contributed by atoms with van der Waals surface area (Å²) in [4.78, 5) is 30.4. The number of carbonyl (C=O) groups is 3. The first kappa shape index (κ1) is 26.4. The normalized spacial score (nSPS) is 9.75. The number of aliphatic hydroxyl groups excluding tert-OH is 2. The van der Waals surface area contributed by atoms with Crippen LogP contribution in [-0.2, 0) is 23.9 Å².